The second-order valence-electron chi connectivity index (χ2n) is 10.8. The first-order chi connectivity index (χ1) is 18.7. The average molecular weight is 503 g/mol. The summed E-state index contributed by atoms with van der Waals surface area (Å²) in [4.78, 5) is 9.16. The Bertz CT molecular complexity index is 1580. The van der Waals surface area contributed by atoms with Crippen molar-refractivity contribution >= 4 is 43.6 Å². The summed E-state index contributed by atoms with van der Waals surface area (Å²) in [5.74, 6) is 0. The Morgan fingerprint density at radius 2 is 0.868 bits per heavy atom. The number of fused-ring (bicyclic) bond motifs is 6. The predicted molar refractivity (Wildman–Crippen MR) is 161 cm³/mol. The number of unbranched alkanes of at least 4 members (excludes halogenated alkanes) is 7. The van der Waals surface area contributed by atoms with E-state index in [2.05, 4.69) is 93.6 Å². The van der Waals surface area contributed by atoms with Gasteiger partial charge in [0.25, 0.3) is 0 Å². The molecule has 4 aromatic heterocycles. The van der Waals surface area contributed by atoms with E-state index in [0.29, 0.717) is 0 Å². The highest BCUT2D eigenvalue weighted by molar-refractivity contribution is 6.09. The van der Waals surface area contributed by atoms with Crippen LogP contribution in [0.4, 0.5) is 0 Å². The lowest BCUT2D eigenvalue weighted by atomic mass is 10.1. The van der Waals surface area contributed by atoms with E-state index in [0.717, 1.165) is 24.5 Å². The lowest BCUT2D eigenvalue weighted by Crippen LogP contribution is -2.00. The predicted octanol–water partition coefficient (Wildman–Crippen LogP) is 9.13. The lowest BCUT2D eigenvalue weighted by molar-refractivity contribution is 0.535. The third kappa shape index (κ3) is 4.57. The molecule has 0 saturated heterocycles. The fraction of sp³-hybridized carbons (Fsp3) is 0.353. The van der Waals surface area contributed by atoms with Crippen molar-refractivity contribution in [2.24, 2.45) is 0 Å². The van der Waals surface area contributed by atoms with E-state index in [9.17, 15) is 0 Å². The standard InChI is InChI=1S/C34H38N4/c1-25-33-29(19-21-35-25)27-15-9-11-17-31(27)37(33)23-13-7-5-3-4-6-8-14-24-38-32-18-12-10-16-28(32)30-20-22-36-26(2)34(30)38/h9-12,15-22H,3-8,13-14,23-24H2,1-2H3. The molecule has 194 valence electrons. The molecule has 2 aromatic carbocycles. The van der Waals surface area contributed by atoms with Gasteiger partial charge >= 0.3 is 0 Å². The summed E-state index contributed by atoms with van der Waals surface area (Å²) in [7, 11) is 0. The number of benzene rings is 2. The quantitative estimate of drug-likeness (QED) is 0.166. The minimum atomic E-state index is 1.07. The summed E-state index contributed by atoms with van der Waals surface area (Å²) in [6.45, 7) is 6.42. The van der Waals surface area contributed by atoms with Crippen molar-refractivity contribution in [1.29, 1.82) is 0 Å². The van der Waals surface area contributed by atoms with Crippen molar-refractivity contribution in [3.63, 3.8) is 0 Å². The van der Waals surface area contributed by atoms with Crippen LogP contribution in [0.15, 0.2) is 73.1 Å². The summed E-state index contributed by atoms with van der Waals surface area (Å²) < 4.78 is 5.00. The minimum absolute atomic E-state index is 1.07. The van der Waals surface area contributed by atoms with E-state index in [4.69, 9.17) is 0 Å². The van der Waals surface area contributed by atoms with Gasteiger partial charge in [-0.25, -0.2) is 0 Å². The third-order valence-electron chi connectivity index (χ3n) is 8.24. The summed E-state index contributed by atoms with van der Waals surface area (Å²) in [6.07, 6.45) is 14.2. The fourth-order valence-corrected chi connectivity index (χ4v) is 6.41. The van der Waals surface area contributed by atoms with Gasteiger partial charge in [-0.05, 0) is 51.0 Å². The highest BCUT2D eigenvalue weighted by atomic mass is 15.0. The second-order valence-corrected chi connectivity index (χ2v) is 10.8. The fourth-order valence-electron chi connectivity index (χ4n) is 6.41. The Morgan fingerprint density at radius 1 is 0.474 bits per heavy atom. The van der Waals surface area contributed by atoms with E-state index in [1.807, 2.05) is 12.4 Å². The molecule has 0 aliphatic carbocycles. The van der Waals surface area contributed by atoms with E-state index < -0.39 is 0 Å². The van der Waals surface area contributed by atoms with Crippen molar-refractivity contribution in [3.8, 4) is 0 Å². The van der Waals surface area contributed by atoms with Gasteiger partial charge < -0.3 is 9.13 Å². The maximum atomic E-state index is 4.58. The molecule has 38 heavy (non-hydrogen) atoms. The Balaban J connectivity index is 0.966. The first-order valence-corrected chi connectivity index (χ1v) is 14.4. The number of hydrogen-bond donors (Lipinski definition) is 0. The van der Waals surface area contributed by atoms with E-state index in [-0.39, 0.29) is 0 Å². The van der Waals surface area contributed by atoms with Crippen LogP contribution in [0.25, 0.3) is 43.6 Å². The largest absolute Gasteiger partial charge is 0.339 e. The van der Waals surface area contributed by atoms with E-state index in [1.54, 1.807) is 0 Å². The van der Waals surface area contributed by atoms with Crippen LogP contribution in [0.2, 0.25) is 0 Å². The maximum absolute atomic E-state index is 4.58. The van der Waals surface area contributed by atoms with Crippen LogP contribution in [0, 0.1) is 13.8 Å². The molecule has 0 amide bonds. The molecule has 0 fully saturated rings. The number of pyridine rings is 2. The molecule has 4 heteroatoms. The summed E-state index contributed by atoms with van der Waals surface area (Å²) in [6, 6.07) is 21.9. The zero-order valence-electron chi connectivity index (χ0n) is 22.8. The van der Waals surface area contributed by atoms with Gasteiger partial charge in [0.2, 0.25) is 0 Å². The molecule has 0 spiro atoms. The lowest BCUT2D eigenvalue weighted by Gasteiger charge is -2.09. The van der Waals surface area contributed by atoms with Gasteiger partial charge in [0.05, 0.1) is 22.4 Å². The van der Waals surface area contributed by atoms with Crippen LogP contribution in [0.5, 0.6) is 0 Å². The maximum Gasteiger partial charge on any atom is 0.0707 e. The monoisotopic (exact) mass is 502 g/mol. The van der Waals surface area contributed by atoms with Crippen molar-refractivity contribution in [1.82, 2.24) is 19.1 Å². The molecule has 4 heterocycles. The number of hydrogen-bond acceptors (Lipinski definition) is 2. The van der Waals surface area contributed by atoms with Gasteiger partial charge in [-0.2, -0.15) is 0 Å². The van der Waals surface area contributed by atoms with Crippen molar-refractivity contribution in [3.05, 3.63) is 84.4 Å². The number of para-hydroxylation sites is 2. The van der Waals surface area contributed by atoms with Gasteiger partial charge in [-0.3, -0.25) is 9.97 Å². The first-order valence-electron chi connectivity index (χ1n) is 14.4. The molecule has 0 atom stereocenters. The molecular weight excluding hydrogens is 464 g/mol. The van der Waals surface area contributed by atoms with Gasteiger partial charge in [-0.1, -0.05) is 74.9 Å². The second kappa shape index (κ2) is 11.0. The van der Waals surface area contributed by atoms with Gasteiger partial charge in [0.1, 0.15) is 0 Å². The van der Waals surface area contributed by atoms with E-state index >= 15 is 0 Å². The highest BCUT2D eigenvalue weighted by Crippen LogP contribution is 2.32. The van der Waals surface area contributed by atoms with Gasteiger partial charge in [0.15, 0.2) is 0 Å². The molecule has 0 unspecified atom stereocenters. The van der Waals surface area contributed by atoms with Gasteiger partial charge in [0, 0.05) is 58.1 Å². The summed E-state index contributed by atoms with van der Waals surface area (Å²) in [5.41, 5.74) is 7.56. The Morgan fingerprint density at radius 3 is 1.32 bits per heavy atom. The number of rotatable bonds is 11. The van der Waals surface area contributed by atoms with Crippen LogP contribution < -0.4 is 0 Å². The smallest absolute Gasteiger partial charge is 0.0707 e. The summed E-state index contributed by atoms with van der Waals surface area (Å²) in [5, 5.41) is 5.36. The van der Waals surface area contributed by atoms with Crippen LogP contribution >= 0.6 is 0 Å². The van der Waals surface area contributed by atoms with Crippen LogP contribution in [-0.2, 0) is 13.1 Å². The highest BCUT2D eigenvalue weighted by Gasteiger charge is 2.13. The molecule has 4 nitrogen and oxygen atoms in total. The molecular formula is C34H38N4. The molecule has 6 aromatic rings. The van der Waals surface area contributed by atoms with Crippen molar-refractivity contribution in [2.45, 2.75) is 78.3 Å². The first kappa shape index (κ1) is 24.7. The minimum Gasteiger partial charge on any atom is -0.339 e. The van der Waals surface area contributed by atoms with E-state index in [1.165, 1.54) is 95.0 Å². The van der Waals surface area contributed by atoms with Crippen molar-refractivity contribution < 1.29 is 0 Å². The summed E-state index contributed by atoms with van der Waals surface area (Å²) >= 11 is 0. The molecule has 0 aliphatic rings. The molecule has 6 rings (SSSR count). The van der Waals surface area contributed by atoms with Crippen molar-refractivity contribution in [2.75, 3.05) is 0 Å². The number of aryl methyl sites for hydroxylation is 4. The number of aromatic nitrogens is 4. The van der Waals surface area contributed by atoms with Crippen LogP contribution in [0.3, 0.4) is 0 Å². The molecule has 0 N–H and O–H groups in total. The number of nitrogens with zero attached hydrogens (tertiary/aromatic N) is 4. The molecule has 0 bridgehead atoms. The topological polar surface area (TPSA) is 35.6 Å². The van der Waals surface area contributed by atoms with Gasteiger partial charge in [-0.15, -0.1) is 0 Å². The van der Waals surface area contributed by atoms with Crippen LogP contribution in [-0.4, -0.2) is 19.1 Å². The molecule has 0 saturated carbocycles. The Hall–Kier alpha value is -3.66. The third-order valence-corrected chi connectivity index (χ3v) is 8.24. The normalized spacial score (nSPS) is 11.9. The SMILES string of the molecule is Cc1nccc2c3ccccc3n(CCCCCCCCCCn3c4ccccc4c4ccnc(C)c43)c12. The Kier molecular flexibility index (Phi) is 7.13. The molecule has 0 radical (unpaired) electrons. The van der Waals surface area contributed by atoms with Crippen LogP contribution in [0.1, 0.15) is 62.8 Å². The zero-order valence-corrected chi connectivity index (χ0v) is 22.8. The Labute approximate surface area is 225 Å². The zero-order chi connectivity index (χ0) is 25.9. The molecule has 0 aliphatic heterocycles. The average Bonchev–Trinajstić information content (AvgIpc) is 3.44.